The average Bonchev–Trinajstić information content (AvgIpc) is 2.38. The third-order valence-corrected chi connectivity index (χ3v) is 3.95. The highest BCUT2D eigenvalue weighted by Gasteiger charge is 2.14. The van der Waals surface area contributed by atoms with E-state index in [0.29, 0.717) is 16.3 Å². The van der Waals surface area contributed by atoms with Crippen molar-refractivity contribution >= 4 is 35.0 Å². The van der Waals surface area contributed by atoms with Crippen LogP contribution in [0.2, 0.25) is 5.02 Å². The Kier molecular flexibility index (Phi) is 4.57. The predicted molar refractivity (Wildman–Crippen MR) is 84.4 cm³/mol. The maximum absolute atomic E-state index is 12.2. The zero-order valence-corrected chi connectivity index (χ0v) is 12.8. The molecule has 20 heavy (non-hydrogen) atoms. The normalized spacial score (nSPS) is 10.3. The Labute approximate surface area is 127 Å². The fourth-order valence-electron chi connectivity index (χ4n) is 1.70. The molecule has 0 radical (unpaired) electrons. The Morgan fingerprint density at radius 2 is 1.95 bits per heavy atom. The van der Waals surface area contributed by atoms with Crippen molar-refractivity contribution in [1.82, 2.24) is 4.90 Å². The van der Waals surface area contributed by atoms with Gasteiger partial charge in [0.25, 0.3) is 5.91 Å². The third kappa shape index (κ3) is 3.46. The molecule has 0 spiro atoms. The van der Waals surface area contributed by atoms with Gasteiger partial charge in [-0.05, 0) is 36.4 Å². The number of carbonyl (C=O) groups is 1. The van der Waals surface area contributed by atoms with E-state index in [4.69, 9.17) is 17.3 Å². The molecule has 0 atom stereocenters. The molecule has 0 saturated carbocycles. The Hall–Kier alpha value is -1.65. The minimum atomic E-state index is -0.0467. The van der Waals surface area contributed by atoms with Gasteiger partial charge in [0.1, 0.15) is 0 Å². The summed E-state index contributed by atoms with van der Waals surface area (Å²) in [6.45, 7) is 0. The molecule has 1 amide bonds. The van der Waals surface area contributed by atoms with Gasteiger partial charge in [0.05, 0.1) is 5.56 Å². The fourth-order valence-corrected chi connectivity index (χ4v) is 3.00. The second kappa shape index (κ2) is 6.20. The van der Waals surface area contributed by atoms with Crippen LogP contribution in [-0.2, 0) is 0 Å². The van der Waals surface area contributed by atoms with Gasteiger partial charge in [0.15, 0.2) is 0 Å². The van der Waals surface area contributed by atoms with E-state index in [9.17, 15) is 4.79 Å². The lowest BCUT2D eigenvalue weighted by Gasteiger charge is -2.14. The summed E-state index contributed by atoms with van der Waals surface area (Å²) in [5, 5.41) is 0.666. The van der Waals surface area contributed by atoms with Crippen LogP contribution in [0.4, 0.5) is 5.69 Å². The van der Waals surface area contributed by atoms with Gasteiger partial charge in [0, 0.05) is 34.6 Å². The highest BCUT2D eigenvalue weighted by molar-refractivity contribution is 7.99. The van der Waals surface area contributed by atoms with Crippen molar-refractivity contribution in [3.8, 4) is 0 Å². The number of amides is 1. The summed E-state index contributed by atoms with van der Waals surface area (Å²) in [4.78, 5) is 15.5. The monoisotopic (exact) mass is 306 g/mol. The van der Waals surface area contributed by atoms with Crippen LogP contribution in [0.25, 0.3) is 0 Å². The molecule has 0 saturated heterocycles. The number of hydrogen-bond acceptors (Lipinski definition) is 3. The first-order chi connectivity index (χ1) is 9.47. The topological polar surface area (TPSA) is 46.3 Å². The summed E-state index contributed by atoms with van der Waals surface area (Å²) in [5.74, 6) is -0.0467. The summed E-state index contributed by atoms with van der Waals surface area (Å²) in [6, 6.07) is 12.8. The summed E-state index contributed by atoms with van der Waals surface area (Å²) in [5.41, 5.74) is 7.09. The molecule has 0 heterocycles. The molecule has 0 fully saturated rings. The SMILES string of the molecule is CN(C)C(=O)c1ccc(N)cc1Sc1cccc(Cl)c1. The number of carbonyl (C=O) groups excluding carboxylic acids is 1. The molecule has 0 aromatic heterocycles. The summed E-state index contributed by atoms with van der Waals surface area (Å²) in [6.07, 6.45) is 0. The highest BCUT2D eigenvalue weighted by atomic mass is 35.5. The summed E-state index contributed by atoms with van der Waals surface area (Å²) < 4.78 is 0. The Bertz CT molecular complexity index is 644. The smallest absolute Gasteiger partial charge is 0.254 e. The highest BCUT2D eigenvalue weighted by Crippen LogP contribution is 2.33. The zero-order chi connectivity index (χ0) is 14.7. The van der Waals surface area contributed by atoms with Gasteiger partial charge in [-0.25, -0.2) is 0 Å². The van der Waals surface area contributed by atoms with E-state index in [0.717, 1.165) is 9.79 Å². The van der Waals surface area contributed by atoms with Crippen LogP contribution in [-0.4, -0.2) is 24.9 Å². The second-order valence-corrected chi connectivity index (χ2v) is 6.07. The number of benzene rings is 2. The van der Waals surface area contributed by atoms with Crippen LogP contribution in [0, 0.1) is 0 Å². The van der Waals surface area contributed by atoms with Crippen LogP contribution in [0.3, 0.4) is 0 Å². The van der Waals surface area contributed by atoms with E-state index >= 15 is 0 Å². The van der Waals surface area contributed by atoms with E-state index < -0.39 is 0 Å². The van der Waals surface area contributed by atoms with Gasteiger partial charge in [0.2, 0.25) is 0 Å². The first kappa shape index (κ1) is 14.8. The van der Waals surface area contributed by atoms with E-state index in [2.05, 4.69) is 0 Å². The van der Waals surface area contributed by atoms with Gasteiger partial charge in [-0.3, -0.25) is 4.79 Å². The molecular formula is C15H15ClN2OS. The Morgan fingerprint density at radius 3 is 2.60 bits per heavy atom. The lowest BCUT2D eigenvalue weighted by Crippen LogP contribution is -2.22. The van der Waals surface area contributed by atoms with Crippen molar-refractivity contribution in [1.29, 1.82) is 0 Å². The molecule has 2 aromatic rings. The maximum atomic E-state index is 12.2. The molecule has 0 aliphatic rings. The number of hydrogen-bond donors (Lipinski definition) is 1. The molecule has 0 aliphatic carbocycles. The molecule has 5 heteroatoms. The second-order valence-electron chi connectivity index (χ2n) is 4.51. The van der Waals surface area contributed by atoms with Crippen molar-refractivity contribution in [2.45, 2.75) is 9.79 Å². The fraction of sp³-hybridized carbons (Fsp3) is 0.133. The zero-order valence-electron chi connectivity index (χ0n) is 11.3. The predicted octanol–water partition coefficient (Wildman–Crippen LogP) is 3.78. The van der Waals surface area contributed by atoms with Crippen LogP contribution in [0.5, 0.6) is 0 Å². The molecule has 0 bridgehead atoms. The van der Waals surface area contributed by atoms with Crippen molar-refractivity contribution < 1.29 is 4.79 Å². The number of anilines is 1. The molecule has 3 nitrogen and oxygen atoms in total. The molecule has 2 N–H and O–H groups in total. The van der Waals surface area contributed by atoms with Crippen molar-refractivity contribution in [3.63, 3.8) is 0 Å². The minimum absolute atomic E-state index is 0.0467. The van der Waals surface area contributed by atoms with E-state index in [1.54, 1.807) is 31.1 Å². The first-order valence-electron chi connectivity index (χ1n) is 6.02. The maximum Gasteiger partial charge on any atom is 0.254 e. The molecule has 104 valence electrons. The van der Waals surface area contributed by atoms with Gasteiger partial charge in [-0.15, -0.1) is 0 Å². The molecule has 2 aromatic carbocycles. The Balaban J connectivity index is 2.39. The largest absolute Gasteiger partial charge is 0.399 e. The molecule has 0 aliphatic heterocycles. The van der Waals surface area contributed by atoms with E-state index in [1.807, 2.05) is 30.3 Å². The summed E-state index contributed by atoms with van der Waals surface area (Å²) >= 11 is 7.46. The van der Waals surface area contributed by atoms with Crippen LogP contribution in [0.1, 0.15) is 10.4 Å². The van der Waals surface area contributed by atoms with E-state index in [1.165, 1.54) is 11.8 Å². The minimum Gasteiger partial charge on any atom is -0.399 e. The van der Waals surface area contributed by atoms with Gasteiger partial charge >= 0.3 is 0 Å². The van der Waals surface area contributed by atoms with Gasteiger partial charge in [-0.2, -0.15) is 0 Å². The lowest BCUT2D eigenvalue weighted by atomic mass is 10.2. The average molecular weight is 307 g/mol. The van der Waals surface area contributed by atoms with Crippen LogP contribution < -0.4 is 5.73 Å². The number of halogens is 1. The molecule has 2 rings (SSSR count). The van der Waals surface area contributed by atoms with Crippen molar-refractivity contribution in [2.24, 2.45) is 0 Å². The van der Waals surface area contributed by atoms with Crippen LogP contribution >= 0.6 is 23.4 Å². The molecule has 0 unspecified atom stereocenters. The van der Waals surface area contributed by atoms with Crippen molar-refractivity contribution in [2.75, 3.05) is 19.8 Å². The number of nitrogens with two attached hydrogens (primary N) is 1. The first-order valence-corrected chi connectivity index (χ1v) is 7.21. The Morgan fingerprint density at radius 1 is 1.20 bits per heavy atom. The quantitative estimate of drug-likeness (QED) is 0.878. The van der Waals surface area contributed by atoms with E-state index in [-0.39, 0.29) is 5.91 Å². The molecular weight excluding hydrogens is 292 g/mol. The standard InChI is InChI=1S/C15H15ClN2OS/c1-18(2)15(19)13-7-6-11(17)9-14(13)20-12-5-3-4-10(16)8-12/h3-9H,17H2,1-2H3. The van der Waals surface area contributed by atoms with Gasteiger partial charge in [-0.1, -0.05) is 29.4 Å². The number of nitrogens with zero attached hydrogens (tertiary/aromatic N) is 1. The van der Waals surface area contributed by atoms with Crippen LogP contribution in [0.15, 0.2) is 52.3 Å². The third-order valence-electron chi connectivity index (χ3n) is 2.67. The summed E-state index contributed by atoms with van der Waals surface area (Å²) in [7, 11) is 3.46. The van der Waals surface area contributed by atoms with Gasteiger partial charge < -0.3 is 10.6 Å². The number of nitrogen functional groups attached to an aromatic ring is 1. The lowest BCUT2D eigenvalue weighted by molar-refractivity contribution is 0.0824. The number of rotatable bonds is 3. The van der Waals surface area contributed by atoms with Crippen molar-refractivity contribution in [3.05, 3.63) is 53.1 Å².